The van der Waals surface area contributed by atoms with E-state index >= 15 is 0 Å². The number of piperidine rings is 1. The van der Waals surface area contributed by atoms with Crippen molar-refractivity contribution < 1.29 is 29.0 Å². The number of hydrogen-bond acceptors (Lipinski definition) is 6. The van der Waals surface area contributed by atoms with Gasteiger partial charge in [-0.05, 0) is 60.8 Å². The van der Waals surface area contributed by atoms with Crippen LogP contribution in [0.25, 0.3) is 0 Å². The van der Waals surface area contributed by atoms with Crippen LogP contribution in [0.4, 0.5) is 0 Å². The van der Waals surface area contributed by atoms with Gasteiger partial charge in [0, 0.05) is 30.6 Å². The van der Waals surface area contributed by atoms with E-state index in [1.807, 2.05) is 34.6 Å². The first-order valence-corrected chi connectivity index (χ1v) is 11.2. The van der Waals surface area contributed by atoms with E-state index in [0.717, 1.165) is 0 Å². The van der Waals surface area contributed by atoms with E-state index in [1.54, 1.807) is 9.80 Å². The smallest absolute Gasteiger partial charge is 0.230 e. The fourth-order valence-corrected chi connectivity index (χ4v) is 5.29. The molecule has 2 unspecified atom stereocenters. The molecule has 0 aromatic carbocycles. The third kappa shape index (κ3) is 6.84. The molecule has 0 bridgehead atoms. The second-order valence-corrected chi connectivity index (χ2v) is 10.4. The molecule has 0 aliphatic carbocycles. The van der Waals surface area contributed by atoms with Gasteiger partial charge in [0.15, 0.2) is 0 Å². The largest absolute Gasteiger partial charge is 0.393 e. The van der Waals surface area contributed by atoms with Crippen LogP contribution in [0.3, 0.4) is 0 Å². The van der Waals surface area contributed by atoms with E-state index in [4.69, 9.17) is 4.74 Å². The fraction of sp³-hybridized carbons (Fsp3) is 0.826. The van der Waals surface area contributed by atoms with Crippen LogP contribution in [-0.4, -0.2) is 80.8 Å². The van der Waals surface area contributed by atoms with E-state index in [1.165, 1.54) is 6.92 Å². The highest BCUT2D eigenvalue weighted by molar-refractivity contribution is 5.98. The lowest BCUT2D eigenvalue weighted by atomic mass is 9.78. The molecule has 2 aliphatic rings. The van der Waals surface area contributed by atoms with Crippen molar-refractivity contribution in [2.45, 2.75) is 109 Å². The summed E-state index contributed by atoms with van der Waals surface area (Å²) in [6.07, 6.45) is 0.332. The fourth-order valence-electron chi connectivity index (χ4n) is 5.29. The molecule has 1 N–H and O–H groups in total. The lowest BCUT2D eigenvalue weighted by molar-refractivity contribution is -0.156. The number of ether oxygens (including phenoxy) is 1. The number of carbonyl (C=O) groups is 4. The van der Waals surface area contributed by atoms with Gasteiger partial charge in [0.25, 0.3) is 0 Å². The Balaban J connectivity index is 1.91. The number of ketones is 2. The van der Waals surface area contributed by atoms with E-state index in [0.29, 0.717) is 32.4 Å². The summed E-state index contributed by atoms with van der Waals surface area (Å²) < 4.78 is 5.87. The van der Waals surface area contributed by atoms with Crippen molar-refractivity contribution in [2.75, 3.05) is 13.1 Å². The summed E-state index contributed by atoms with van der Waals surface area (Å²) in [5.41, 5.74) is -1.06. The van der Waals surface area contributed by atoms with Crippen molar-refractivity contribution in [3.8, 4) is 0 Å². The average Bonchev–Trinajstić information content (AvgIpc) is 2.56. The molecule has 2 fully saturated rings. The first kappa shape index (κ1) is 25.5. The second kappa shape index (κ2) is 9.77. The maximum absolute atomic E-state index is 13.0. The van der Waals surface area contributed by atoms with Gasteiger partial charge in [-0.3, -0.25) is 19.2 Å². The molecular formula is C23H38N2O6. The van der Waals surface area contributed by atoms with Gasteiger partial charge in [-0.1, -0.05) is 0 Å². The molecular weight excluding hydrogens is 400 g/mol. The van der Waals surface area contributed by atoms with E-state index in [9.17, 15) is 24.3 Å². The normalized spacial score (nSPS) is 25.9. The van der Waals surface area contributed by atoms with E-state index in [2.05, 4.69) is 0 Å². The van der Waals surface area contributed by atoms with Crippen LogP contribution in [0.5, 0.6) is 0 Å². The van der Waals surface area contributed by atoms with Crippen molar-refractivity contribution >= 4 is 23.4 Å². The highest BCUT2D eigenvalue weighted by Gasteiger charge is 2.47. The summed E-state index contributed by atoms with van der Waals surface area (Å²) in [6.45, 7) is 11.7. The predicted molar refractivity (Wildman–Crippen MR) is 115 cm³/mol. The first-order valence-electron chi connectivity index (χ1n) is 11.2. The van der Waals surface area contributed by atoms with Crippen LogP contribution >= 0.6 is 0 Å². The van der Waals surface area contributed by atoms with Crippen molar-refractivity contribution in [2.24, 2.45) is 0 Å². The van der Waals surface area contributed by atoms with Crippen LogP contribution in [-0.2, 0) is 23.9 Å². The summed E-state index contributed by atoms with van der Waals surface area (Å²) in [7, 11) is 0. The van der Waals surface area contributed by atoms with Crippen molar-refractivity contribution in [1.29, 1.82) is 0 Å². The Bertz CT molecular complexity index is 699. The SMILES string of the molecule is CC(=O)CC(=O)N1CC(C)OC(CCC(=O)CC(=O)N2C(C)(C)CC(O)CC2(C)C)C1. The predicted octanol–water partition coefficient (Wildman–Crippen LogP) is 1.86. The number of carbonyl (C=O) groups excluding carboxylic acids is 4. The number of hydrogen-bond donors (Lipinski definition) is 1. The lowest BCUT2D eigenvalue weighted by Crippen LogP contribution is -2.64. The molecule has 8 heteroatoms. The zero-order valence-corrected chi connectivity index (χ0v) is 19.8. The number of aliphatic hydroxyl groups is 1. The molecule has 2 aliphatic heterocycles. The quantitative estimate of drug-likeness (QED) is 0.609. The number of likely N-dealkylation sites (tertiary alicyclic amines) is 1. The Morgan fingerprint density at radius 2 is 1.55 bits per heavy atom. The minimum atomic E-state index is -0.530. The number of nitrogens with zero attached hydrogens (tertiary/aromatic N) is 2. The highest BCUT2D eigenvalue weighted by Crippen LogP contribution is 2.39. The summed E-state index contributed by atoms with van der Waals surface area (Å²) in [6, 6.07) is 0. The number of Topliss-reactive ketones (excluding diaryl/α,β-unsaturated/α-hetero) is 2. The molecule has 0 spiro atoms. The third-order valence-electron chi connectivity index (χ3n) is 6.10. The van der Waals surface area contributed by atoms with Gasteiger partial charge < -0.3 is 19.6 Å². The lowest BCUT2D eigenvalue weighted by Gasteiger charge is -2.54. The average molecular weight is 439 g/mol. The second-order valence-electron chi connectivity index (χ2n) is 10.4. The minimum Gasteiger partial charge on any atom is -0.393 e. The van der Waals surface area contributed by atoms with Crippen LogP contribution in [0.2, 0.25) is 0 Å². The van der Waals surface area contributed by atoms with Gasteiger partial charge in [-0.15, -0.1) is 0 Å². The number of morpholine rings is 1. The van der Waals surface area contributed by atoms with Crippen LogP contribution in [0.15, 0.2) is 0 Å². The zero-order valence-electron chi connectivity index (χ0n) is 19.8. The molecule has 176 valence electrons. The van der Waals surface area contributed by atoms with Gasteiger partial charge in [0.2, 0.25) is 11.8 Å². The summed E-state index contributed by atoms with van der Waals surface area (Å²) in [5.74, 6) is -0.773. The number of amides is 2. The highest BCUT2D eigenvalue weighted by atomic mass is 16.5. The Kier molecular flexibility index (Phi) is 8.03. The molecule has 2 saturated heterocycles. The number of rotatable bonds is 7. The topological polar surface area (TPSA) is 104 Å². The first-order chi connectivity index (χ1) is 14.2. The summed E-state index contributed by atoms with van der Waals surface area (Å²) >= 11 is 0. The molecule has 2 atom stereocenters. The van der Waals surface area contributed by atoms with Gasteiger partial charge in [0.05, 0.1) is 31.2 Å². The molecule has 2 rings (SSSR count). The molecule has 2 amide bonds. The van der Waals surface area contributed by atoms with Crippen molar-refractivity contribution in [3.05, 3.63) is 0 Å². The maximum Gasteiger partial charge on any atom is 0.230 e. The molecule has 0 radical (unpaired) electrons. The van der Waals surface area contributed by atoms with E-state index < -0.39 is 17.2 Å². The summed E-state index contributed by atoms with van der Waals surface area (Å²) in [4.78, 5) is 52.4. The third-order valence-corrected chi connectivity index (χ3v) is 6.10. The molecule has 2 heterocycles. The molecule has 0 saturated carbocycles. The van der Waals surface area contributed by atoms with E-state index in [-0.39, 0.29) is 54.9 Å². The summed E-state index contributed by atoms with van der Waals surface area (Å²) in [5, 5.41) is 10.2. The van der Waals surface area contributed by atoms with Crippen LogP contribution < -0.4 is 0 Å². The van der Waals surface area contributed by atoms with Crippen LogP contribution in [0.1, 0.15) is 80.1 Å². The Morgan fingerprint density at radius 1 is 0.968 bits per heavy atom. The van der Waals surface area contributed by atoms with Gasteiger partial charge in [0.1, 0.15) is 11.6 Å². The Hall–Kier alpha value is -1.80. The molecule has 31 heavy (non-hydrogen) atoms. The molecule has 0 aromatic heterocycles. The number of aliphatic hydroxyl groups excluding tert-OH is 1. The zero-order chi connectivity index (χ0) is 23.6. The van der Waals surface area contributed by atoms with Gasteiger partial charge in [-0.2, -0.15) is 0 Å². The standard InChI is InChI=1S/C23H38N2O6/c1-15(26)9-20(29)24-13-16(2)31-19(14-24)8-7-17(27)10-21(30)25-22(3,4)11-18(28)12-23(25,5)6/h16,18-19,28H,7-14H2,1-6H3. The maximum atomic E-state index is 13.0. The van der Waals surface area contributed by atoms with Gasteiger partial charge >= 0.3 is 0 Å². The van der Waals surface area contributed by atoms with Crippen molar-refractivity contribution in [1.82, 2.24) is 9.80 Å². The monoisotopic (exact) mass is 438 g/mol. The Labute approximate surface area is 185 Å². The Morgan fingerprint density at radius 3 is 2.10 bits per heavy atom. The molecule has 0 aromatic rings. The minimum absolute atomic E-state index is 0.122. The molecule has 8 nitrogen and oxygen atoms in total. The van der Waals surface area contributed by atoms with Crippen molar-refractivity contribution in [3.63, 3.8) is 0 Å². The van der Waals surface area contributed by atoms with Crippen LogP contribution in [0, 0.1) is 0 Å². The van der Waals surface area contributed by atoms with Gasteiger partial charge in [-0.25, -0.2) is 0 Å².